The van der Waals surface area contributed by atoms with Crippen molar-refractivity contribution in [3.8, 4) is 11.1 Å². The summed E-state index contributed by atoms with van der Waals surface area (Å²) < 4.78 is 54.1. The molecule has 0 aliphatic carbocycles. The first kappa shape index (κ1) is 22.4. The molecule has 1 amide bonds. The Balaban J connectivity index is 1.77. The second-order valence-electron chi connectivity index (χ2n) is 8.48. The first-order valence-corrected chi connectivity index (χ1v) is 11.7. The molecule has 2 aromatic rings. The van der Waals surface area contributed by atoms with Gasteiger partial charge in [-0.25, -0.2) is 21.9 Å². The van der Waals surface area contributed by atoms with Crippen molar-refractivity contribution in [1.82, 2.24) is 9.62 Å². The van der Waals surface area contributed by atoms with Gasteiger partial charge in [-0.15, -0.1) is 0 Å². The van der Waals surface area contributed by atoms with E-state index in [0.29, 0.717) is 30.6 Å². The minimum absolute atomic E-state index is 0.157. The van der Waals surface area contributed by atoms with Gasteiger partial charge in [0.05, 0.1) is 6.26 Å². The number of hydrogen-bond acceptors (Lipinski definition) is 3. The standard InChI is InChI=1S/C22H26F2N2O3S/c1-22(2,21(27)26-11-10-18(14-26)25-30(3,28)29)13-16-7-5-9-19(20(16)24)15-6-4-8-17(23)12-15/h4-9,12,18,25H,10-11,13-14H2,1-3H3. The molecule has 0 aromatic heterocycles. The molecule has 0 saturated carbocycles. The number of halogens is 2. The van der Waals surface area contributed by atoms with Gasteiger partial charge in [0.25, 0.3) is 0 Å². The fourth-order valence-corrected chi connectivity index (χ4v) is 4.72. The van der Waals surface area contributed by atoms with Gasteiger partial charge in [0, 0.05) is 30.1 Å². The van der Waals surface area contributed by atoms with Crippen LogP contribution in [0.2, 0.25) is 0 Å². The molecule has 1 saturated heterocycles. The number of rotatable bonds is 6. The Kier molecular flexibility index (Phi) is 6.29. The average Bonchev–Trinajstić information content (AvgIpc) is 3.09. The molecular weight excluding hydrogens is 410 g/mol. The SMILES string of the molecule is CC(C)(Cc1cccc(-c2cccc(F)c2)c1F)C(=O)N1CCC(NS(C)(=O)=O)C1. The normalized spacial score (nSPS) is 17.4. The lowest BCUT2D eigenvalue weighted by molar-refractivity contribution is -0.139. The highest BCUT2D eigenvalue weighted by Gasteiger charge is 2.37. The number of carbonyl (C=O) groups excluding carboxylic acids is 1. The Labute approximate surface area is 176 Å². The van der Waals surface area contributed by atoms with Crippen molar-refractivity contribution in [2.45, 2.75) is 32.7 Å². The van der Waals surface area contributed by atoms with Gasteiger partial charge >= 0.3 is 0 Å². The van der Waals surface area contributed by atoms with E-state index in [9.17, 15) is 17.6 Å². The zero-order valence-electron chi connectivity index (χ0n) is 17.3. The number of amides is 1. The number of sulfonamides is 1. The van der Waals surface area contributed by atoms with Gasteiger partial charge in [0.1, 0.15) is 11.6 Å². The van der Waals surface area contributed by atoms with Gasteiger partial charge in [-0.2, -0.15) is 0 Å². The third-order valence-corrected chi connectivity index (χ3v) is 6.04. The maximum atomic E-state index is 15.2. The van der Waals surface area contributed by atoms with Crippen molar-refractivity contribution in [2.75, 3.05) is 19.3 Å². The van der Waals surface area contributed by atoms with Crippen LogP contribution in [0.15, 0.2) is 42.5 Å². The first-order valence-electron chi connectivity index (χ1n) is 9.76. The fourth-order valence-electron chi connectivity index (χ4n) is 3.92. The lowest BCUT2D eigenvalue weighted by Crippen LogP contribution is -2.43. The molecule has 2 aromatic carbocycles. The maximum absolute atomic E-state index is 15.2. The molecule has 0 radical (unpaired) electrons. The topological polar surface area (TPSA) is 66.5 Å². The predicted octanol–water partition coefficient (Wildman–Crippen LogP) is 3.35. The maximum Gasteiger partial charge on any atom is 0.228 e. The van der Waals surface area contributed by atoms with Crippen molar-refractivity contribution in [2.24, 2.45) is 5.41 Å². The molecule has 5 nitrogen and oxygen atoms in total. The summed E-state index contributed by atoms with van der Waals surface area (Å²) in [5.41, 5.74) is 0.211. The number of nitrogens with zero attached hydrogens (tertiary/aromatic N) is 1. The van der Waals surface area contributed by atoms with Crippen molar-refractivity contribution in [3.05, 3.63) is 59.7 Å². The molecule has 1 atom stereocenters. The molecule has 8 heteroatoms. The van der Waals surface area contributed by atoms with E-state index < -0.39 is 27.1 Å². The molecule has 1 fully saturated rings. The quantitative estimate of drug-likeness (QED) is 0.755. The van der Waals surface area contributed by atoms with Crippen molar-refractivity contribution in [1.29, 1.82) is 0 Å². The molecule has 30 heavy (non-hydrogen) atoms. The van der Waals surface area contributed by atoms with Crippen LogP contribution in [-0.4, -0.2) is 44.6 Å². The Hall–Kier alpha value is -2.32. The minimum atomic E-state index is -3.34. The minimum Gasteiger partial charge on any atom is -0.341 e. The van der Waals surface area contributed by atoms with E-state index in [0.717, 1.165) is 6.26 Å². The third kappa shape index (κ3) is 5.23. The Morgan fingerprint density at radius 3 is 2.57 bits per heavy atom. The van der Waals surface area contributed by atoms with Crippen molar-refractivity contribution < 1.29 is 22.0 Å². The van der Waals surface area contributed by atoms with E-state index in [-0.39, 0.29) is 23.9 Å². The average molecular weight is 437 g/mol. The molecule has 1 N–H and O–H groups in total. The van der Waals surface area contributed by atoms with Crippen LogP contribution < -0.4 is 4.72 Å². The molecular formula is C22H26F2N2O3S. The van der Waals surface area contributed by atoms with Crippen LogP contribution in [0.1, 0.15) is 25.8 Å². The summed E-state index contributed by atoms with van der Waals surface area (Å²) >= 11 is 0. The van der Waals surface area contributed by atoms with E-state index in [4.69, 9.17) is 0 Å². The summed E-state index contributed by atoms with van der Waals surface area (Å²) in [5.74, 6) is -1.07. The van der Waals surface area contributed by atoms with E-state index in [1.165, 1.54) is 18.2 Å². The molecule has 1 unspecified atom stereocenters. The van der Waals surface area contributed by atoms with Gasteiger partial charge in [-0.3, -0.25) is 4.79 Å². The molecule has 0 bridgehead atoms. The van der Waals surface area contributed by atoms with Crippen LogP contribution in [0.25, 0.3) is 11.1 Å². The highest BCUT2D eigenvalue weighted by Crippen LogP contribution is 2.31. The summed E-state index contributed by atoms with van der Waals surface area (Å²) in [6, 6.07) is 10.3. The molecule has 0 spiro atoms. The fraction of sp³-hybridized carbons (Fsp3) is 0.409. The Bertz CT molecular complexity index is 1050. The number of likely N-dealkylation sites (tertiary alicyclic amines) is 1. The van der Waals surface area contributed by atoms with Crippen LogP contribution in [0.5, 0.6) is 0 Å². The number of hydrogen-bond donors (Lipinski definition) is 1. The zero-order chi connectivity index (χ0) is 22.1. The molecule has 1 heterocycles. The number of benzene rings is 2. The van der Waals surface area contributed by atoms with Crippen molar-refractivity contribution in [3.63, 3.8) is 0 Å². The van der Waals surface area contributed by atoms with Crippen LogP contribution in [0.3, 0.4) is 0 Å². The van der Waals surface area contributed by atoms with E-state index in [1.54, 1.807) is 43.0 Å². The molecule has 1 aliphatic rings. The summed E-state index contributed by atoms with van der Waals surface area (Å²) in [7, 11) is -3.34. The van der Waals surface area contributed by atoms with E-state index >= 15 is 4.39 Å². The van der Waals surface area contributed by atoms with Gasteiger partial charge in [0.2, 0.25) is 15.9 Å². The second kappa shape index (κ2) is 8.43. The third-order valence-electron chi connectivity index (χ3n) is 5.28. The lowest BCUT2D eigenvalue weighted by Gasteiger charge is -2.30. The monoisotopic (exact) mass is 436 g/mol. The molecule has 3 rings (SSSR count). The molecule has 162 valence electrons. The highest BCUT2D eigenvalue weighted by atomic mass is 32.2. The smallest absolute Gasteiger partial charge is 0.228 e. The van der Waals surface area contributed by atoms with Crippen LogP contribution in [-0.2, 0) is 21.2 Å². The number of nitrogens with one attached hydrogen (secondary N) is 1. The molecule has 1 aliphatic heterocycles. The van der Waals surface area contributed by atoms with Crippen LogP contribution in [0, 0.1) is 17.0 Å². The van der Waals surface area contributed by atoms with Crippen LogP contribution >= 0.6 is 0 Å². The first-order chi connectivity index (χ1) is 14.0. The predicted molar refractivity (Wildman–Crippen MR) is 112 cm³/mol. The lowest BCUT2D eigenvalue weighted by atomic mass is 9.83. The van der Waals surface area contributed by atoms with Gasteiger partial charge < -0.3 is 4.90 Å². The summed E-state index contributed by atoms with van der Waals surface area (Å²) in [6.07, 6.45) is 1.80. The van der Waals surface area contributed by atoms with E-state index in [2.05, 4.69) is 4.72 Å². The van der Waals surface area contributed by atoms with Gasteiger partial charge in [-0.1, -0.05) is 44.2 Å². The number of carbonyl (C=O) groups is 1. The summed E-state index contributed by atoms with van der Waals surface area (Å²) in [5, 5.41) is 0. The second-order valence-corrected chi connectivity index (χ2v) is 10.3. The zero-order valence-corrected chi connectivity index (χ0v) is 18.1. The summed E-state index contributed by atoms with van der Waals surface area (Å²) in [6.45, 7) is 4.24. The van der Waals surface area contributed by atoms with E-state index in [1.807, 2.05) is 0 Å². The van der Waals surface area contributed by atoms with Crippen LogP contribution in [0.4, 0.5) is 8.78 Å². The Morgan fingerprint density at radius 1 is 1.20 bits per heavy atom. The largest absolute Gasteiger partial charge is 0.341 e. The summed E-state index contributed by atoms with van der Waals surface area (Å²) in [4.78, 5) is 14.7. The van der Waals surface area contributed by atoms with Crippen molar-refractivity contribution >= 4 is 15.9 Å². The van der Waals surface area contributed by atoms with Gasteiger partial charge in [0.15, 0.2) is 0 Å². The Morgan fingerprint density at radius 2 is 1.90 bits per heavy atom. The van der Waals surface area contributed by atoms with Gasteiger partial charge in [-0.05, 0) is 36.1 Å². The highest BCUT2D eigenvalue weighted by molar-refractivity contribution is 7.88.